The molecule has 0 bridgehead atoms. The van der Waals surface area contributed by atoms with Gasteiger partial charge in [-0.3, -0.25) is 0 Å². The highest BCUT2D eigenvalue weighted by molar-refractivity contribution is 9.10. The van der Waals surface area contributed by atoms with Gasteiger partial charge in [-0.15, -0.1) is 11.3 Å². The van der Waals surface area contributed by atoms with Gasteiger partial charge < -0.3 is 10.6 Å². The van der Waals surface area contributed by atoms with Crippen molar-refractivity contribution in [3.63, 3.8) is 0 Å². The molecule has 0 amide bonds. The number of anilines is 1. The minimum Gasteiger partial charge on any atom is -0.367 e. The summed E-state index contributed by atoms with van der Waals surface area (Å²) in [5, 5.41) is 2.20. The van der Waals surface area contributed by atoms with Crippen LogP contribution in [0.2, 0.25) is 0 Å². The highest BCUT2D eigenvalue weighted by Gasteiger charge is 2.19. The van der Waals surface area contributed by atoms with Crippen LogP contribution in [0.25, 0.3) is 0 Å². The van der Waals surface area contributed by atoms with Gasteiger partial charge in [-0.2, -0.15) is 0 Å². The number of rotatable bonds is 3. The van der Waals surface area contributed by atoms with Crippen molar-refractivity contribution in [2.45, 2.75) is 19.4 Å². The van der Waals surface area contributed by atoms with Crippen molar-refractivity contribution < 1.29 is 0 Å². The van der Waals surface area contributed by atoms with Crippen molar-refractivity contribution in [3.05, 3.63) is 50.1 Å². The summed E-state index contributed by atoms with van der Waals surface area (Å²) in [7, 11) is 0. The molecule has 0 saturated heterocycles. The molecule has 19 heavy (non-hydrogen) atoms. The summed E-state index contributed by atoms with van der Waals surface area (Å²) in [5.74, 6) is 0. The summed E-state index contributed by atoms with van der Waals surface area (Å²) in [6.45, 7) is 2.82. The average Bonchev–Trinajstić information content (AvgIpc) is 2.88. The first-order chi connectivity index (χ1) is 9.28. The molecule has 3 rings (SSSR count). The van der Waals surface area contributed by atoms with Gasteiger partial charge in [0.1, 0.15) is 0 Å². The minimum absolute atomic E-state index is 0.701. The number of halogens is 1. The number of hydrogen-bond donors (Lipinski definition) is 1. The van der Waals surface area contributed by atoms with Gasteiger partial charge in [0.2, 0.25) is 0 Å². The Kier molecular flexibility index (Phi) is 3.91. The van der Waals surface area contributed by atoms with E-state index in [0.29, 0.717) is 6.54 Å². The molecule has 2 heterocycles. The lowest BCUT2D eigenvalue weighted by atomic mass is 10.0. The molecule has 0 radical (unpaired) electrons. The Labute approximate surface area is 126 Å². The van der Waals surface area contributed by atoms with Gasteiger partial charge >= 0.3 is 0 Å². The predicted octanol–water partition coefficient (Wildman–Crippen LogP) is 3.57. The van der Waals surface area contributed by atoms with Crippen LogP contribution in [0.15, 0.2) is 34.1 Å². The SMILES string of the molecule is NCCc1ccc(Br)cc1N1CCc2sccc2C1. The number of hydrogen-bond acceptors (Lipinski definition) is 3. The zero-order chi connectivity index (χ0) is 13.2. The lowest BCUT2D eigenvalue weighted by molar-refractivity contribution is 0.737. The molecule has 1 aliphatic rings. The lowest BCUT2D eigenvalue weighted by Gasteiger charge is -2.31. The molecule has 2 N–H and O–H groups in total. The summed E-state index contributed by atoms with van der Waals surface area (Å²) in [4.78, 5) is 4.02. The van der Waals surface area contributed by atoms with Crippen molar-refractivity contribution >= 4 is 33.0 Å². The number of benzene rings is 1. The van der Waals surface area contributed by atoms with Crippen molar-refractivity contribution in [2.24, 2.45) is 5.73 Å². The fourth-order valence-corrected chi connectivity index (χ4v) is 3.89. The van der Waals surface area contributed by atoms with Crippen molar-refractivity contribution in [1.29, 1.82) is 0 Å². The summed E-state index contributed by atoms with van der Waals surface area (Å²) in [6, 6.07) is 8.78. The molecule has 0 spiro atoms. The zero-order valence-corrected chi connectivity index (χ0v) is 13.1. The quantitative estimate of drug-likeness (QED) is 0.928. The number of fused-ring (bicyclic) bond motifs is 1. The normalized spacial score (nSPS) is 14.5. The van der Waals surface area contributed by atoms with Gasteiger partial charge in [-0.1, -0.05) is 22.0 Å². The Morgan fingerprint density at radius 2 is 2.21 bits per heavy atom. The second kappa shape index (κ2) is 5.65. The monoisotopic (exact) mass is 336 g/mol. The summed E-state index contributed by atoms with van der Waals surface area (Å²) in [6.07, 6.45) is 2.09. The third-order valence-corrected chi connectivity index (χ3v) is 5.13. The van der Waals surface area contributed by atoms with Crippen molar-refractivity contribution in [2.75, 3.05) is 18.0 Å². The van der Waals surface area contributed by atoms with E-state index < -0.39 is 0 Å². The Hall–Kier alpha value is -0.840. The smallest absolute Gasteiger partial charge is 0.0440 e. The number of nitrogens with zero attached hydrogens (tertiary/aromatic N) is 1. The zero-order valence-electron chi connectivity index (χ0n) is 10.7. The van der Waals surface area contributed by atoms with E-state index in [1.54, 1.807) is 4.88 Å². The van der Waals surface area contributed by atoms with E-state index in [-0.39, 0.29) is 0 Å². The molecule has 100 valence electrons. The van der Waals surface area contributed by atoms with Gasteiger partial charge in [0.15, 0.2) is 0 Å². The average molecular weight is 337 g/mol. The fraction of sp³-hybridized carbons (Fsp3) is 0.333. The van der Waals surface area contributed by atoms with Crippen LogP contribution < -0.4 is 10.6 Å². The molecular weight excluding hydrogens is 320 g/mol. The molecule has 0 aliphatic carbocycles. The van der Waals surface area contributed by atoms with Crippen LogP contribution >= 0.6 is 27.3 Å². The molecule has 4 heteroatoms. The molecule has 0 saturated carbocycles. The lowest BCUT2D eigenvalue weighted by Crippen LogP contribution is -2.30. The van der Waals surface area contributed by atoms with Crippen LogP contribution in [-0.4, -0.2) is 13.1 Å². The molecule has 0 atom stereocenters. The summed E-state index contributed by atoms with van der Waals surface area (Å²) < 4.78 is 1.14. The molecule has 1 aromatic heterocycles. The van der Waals surface area contributed by atoms with Gasteiger partial charge in [-0.25, -0.2) is 0 Å². The van der Waals surface area contributed by atoms with E-state index in [4.69, 9.17) is 5.73 Å². The van der Waals surface area contributed by atoms with Crippen LogP contribution in [0, 0.1) is 0 Å². The van der Waals surface area contributed by atoms with Crippen molar-refractivity contribution in [1.82, 2.24) is 0 Å². The van der Waals surface area contributed by atoms with Crippen LogP contribution in [0.3, 0.4) is 0 Å². The van der Waals surface area contributed by atoms with E-state index in [2.05, 4.69) is 50.5 Å². The number of nitrogens with two attached hydrogens (primary N) is 1. The standard InChI is InChI=1S/C15H17BrN2S/c16-13-2-1-11(3-6-17)14(9-13)18-7-4-15-12(10-18)5-8-19-15/h1-2,5,8-9H,3-4,6-7,10,17H2. The van der Waals surface area contributed by atoms with Crippen LogP contribution in [-0.2, 0) is 19.4 Å². The maximum absolute atomic E-state index is 5.73. The molecule has 1 aromatic carbocycles. The Morgan fingerprint density at radius 1 is 1.32 bits per heavy atom. The highest BCUT2D eigenvalue weighted by Crippen LogP contribution is 2.31. The van der Waals surface area contributed by atoms with Crippen molar-refractivity contribution in [3.8, 4) is 0 Å². The van der Waals surface area contributed by atoms with E-state index in [0.717, 1.165) is 30.4 Å². The summed E-state index contributed by atoms with van der Waals surface area (Å²) >= 11 is 5.47. The van der Waals surface area contributed by atoms with Crippen LogP contribution in [0.4, 0.5) is 5.69 Å². The van der Waals surface area contributed by atoms with Crippen LogP contribution in [0.5, 0.6) is 0 Å². The molecule has 1 aliphatic heterocycles. The maximum Gasteiger partial charge on any atom is 0.0440 e. The van der Waals surface area contributed by atoms with Gasteiger partial charge in [0, 0.05) is 28.1 Å². The largest absolute Gasteiger partial charge is 0.367 e. The first-order valence-corrected chi connectivity index (χ1v) is 8.24. The Balaban J connectivity index is 1.92. The van der Waals surface area contributed by atoms with Gasteiger partial charge in [0.05, 0.1) is 0 Å². The minimum atomic E-state index is 0.701. The Bertz CT molecular complexity index is 579. The van der Waals surface area contributed by atoms with Gasteiger partial charge in [0.25, 0.3) is 0 Å². The molecule has 0 fully saturated rings. The van der Waals surface area contributed by atoms with E-state index >= 15 is 0 Å². The number of thiophene rings is 1. The topological polar surface area (TPSA) is 29.3 Å². The van der Waals surface area contributed by atoms with E-state index in [9.17, 15) is 0 Å². The second-order valence-corrected chi connectivity index (χ2v) is 6.77. The Morgan fingerprint density at radius 3 is 3.05 bits per heavy atom. The van der Waals surface area contributed by atoms with E-state index in [1.807, 2.05) is 11.3 Å². The first kappa shape index (κ1) is 13.2. The first-order valence-electron chi connectivity index (χ1n) is 6.56. The third-order valence-electron chi connectivity index (χ3n) is 3.61. The molecule has 2 aromatic rings. The summed E-state index contributed by atoms with van der Waals surface area (Å²) in [5.41, 5.74) is 9.89. The van der Waals surface area contributed by atoms with E-state index in [1.165, 1.54) is 16.8 Å². The van der Waals surface area contributed by atoms with Gasteiger partial charge in [-0.05, 0) is 54.1 Å². The molecule has 0 unspecified atom stereocenters. The predicted molar refractivity (Wildman–Crippen MR) is 86.0 cm³/mol. The third kappa shape index (κ3) is 2.71. The van der Waals surface area contributed by atoms with Crippen LogP contribution in [0.1, 0.15) is 16.0 Å². The second-order valence-electron chi connectivity index (χ2n) is 4.85. The fourth-order valence-electron chi connectivity index (χ4n) is 2.65. The highest BCUT2D eigenvalue weighted by atomic mass is 79.9. The maximum atomic E-state index is 5.73. The molecular formula is C15H17BrN2S. The molecule has 2 nitrogen and oxygen atoms in total.